The molecule has 0 aliphatic carbocycles. The van der Waals surface area contributed by atoms with Crippen LogP contribution in [0.2, 0.25) is 5.02 Å². The lowest BCUT2D eigenvalue weighted by Gasteiger charge is -2.43. The van der Waals surface area contributed by atoms with Gasteiger partial charge < -0.3 is 10.2 Å². The number of fused-ring (bicyclic) bond motifs is 1. The van der Waals surface area contributed by atoms with Gasteiger partial charge in [-0.25, -0.2) is 0 Å². The summed E-state index contributed by atoms with van der Waals surface area (Å²) in [6.07, 6.45) is 0. The number of nitrogens with one attached hydrogen (secondary N) is 1. The van der Waals surface area contributed by atoms with E-state index in [9.17, 15) is 9.59 Å². The number of rotatable bonds is 5. The van der Waals surface area contributed by atoms with Crippen LogP contribution < -0.4 is 5.32 Å². The van der Waals surface area contributed by atoms with Crippen LogP contribution >= 0.6 is 11.6 Å². The summed E-state index contributed by atoms with van der Waals surface area (Å²) in [4.78, 5) is 28.9. The molecule has 1 atom stereocenters. The van der Waals surface area contributed by atoms with E-state index in [2.05, 4.69) is 26.1 Å². The Kier molecular flexibility index (Phi) is 6.06. The van der Waals surface area contributed by atoms with Gasteiger partial charge in [0.2, 0.25) is 5.91 Å². The van der Waals surface area contributed by atoms with Crippen LogP contribution in [0.4, 0.5) is 0 Å². The minimum atomic E-state index is -1.14. The summed E-state index contributed by atoms with van der Waals surface area (Å²) in [6.45, 7) is 8.82. The highest BCUT2D eigenvalue weighted by Gasteiger charge is 2.48. The van der Waals surface area contributed by atoms with E-state index < -0.39 is 5.54 Å². The van der Waals surface area contributed by atoms with Gasteiger partial charge in [0.05, 0.1) is 12.2 Å². The number of nitrogens with zero attached hydrogens (tertiary/aromatic N) is 3. The van der Waals surface area contributed by atoms with Crippen LogP contribution in [-0.4, -0.2) is 32.0 Å². The molecule has 0 fully saturated rings. The van der Waals surface area contributed by atoms with E-state index in [-0.39, 0.29) is 30.3 Å². The summed E-state index contributed by atoms with van der Waals surface area (Å²) >= 11 is 6.41. The van der Waals surface area contributed by atoms with Gasteiger partial charge in [0.25, 0.3) is 5.91 Å². The first-order chi connectivity index (χ1) is 15.6. The van der Waals surface area contributed by atoms with E-state index in [4.69, 9.17) is 16.7 Å². The van der Waals surface area contributed by atoms with Crippen molar-refractivity contribution >= 4 is 23.4 Å². The molecule has 1 aliphatic heterocycles. The predicted octanol–water partition coefficient (Wildman–Crippen LogP) is 4.57. The third-order valence-electron chi connectivity index (χ3n) is 6.14. The van der Waals surface area contributed by atoms with Gasteiger partial charge in [-0.1, -0.05) is 80.9 Å². The average Bonchev–Trinajstić information content (AvgIpc) is 3.21. The lowest BCUT2D eigenvalue weighted by molar-refractivity contribution is -0.133. The van der Waals surface area contributed by atoms with Gasteiger partial charge in [-0.3, -0.25) is 14.3 Å². The summed E-state index contributed by atoms with van der Waals surface area (Å²) < 4.78 is 1.67. The van der Waals surface area contributed by atoms with Crippen molar-refractivity contribution in [2.75, 3.05) is 0 Å². The molecule has 0 radical (unpaired) electrons. The predicted molar refractivity (Wildman–Crippen MR) is 129 cm³/mol. The van der Waals surface area contributed by atoms with Crippen molar-refractivity contribution in [2.24, 2.45) is 0 Å². The van der Waals surface area contributed by atoms with E-state index >= 15 is 0 Å². The largest absolute Gasteiger partial charge is 0.350 e. The Morgan fingerprint density at radius 2 is 1.79 bits per heavy atom. The van der Waals surface area contributed by atoms with Crippen molar-refractivity contribution in [3.05, 3.63) is 88.2 Å². The molecule has 3 aromatic rings. The smallest absolute Gasteiger partial charge is 0.273 e. The Bertz CT molecular complexity index is 1180. The topological polar surface area (TPSA) is 67.2 Å². The number of halogens is 1. The second kappa shape index (κ2) is 8.67. The van der Waals surface area contributed by atoms with Gasteiger partial charge in [-0.2, -0.15) is 5.10 Å². The van der Waals surface area contributed by atoms with Crippen molar-refractivity contribution in [3.63, 3.8) is 0 Å². The second-order valence-electron chi connectivity index (χ2n) is 9.75. The molecule has 0 spiro atoms. The monoisotopic (exact) mass is 464 g/mol. The van der Waals surface area contributed by atoms with E-state index in [1.165, 1.54) is 0 Å². The maximum atomic E-state index is 13.7. The van der Waals surface area contributed by atoms with Gasteiger partial charge in [0.15, 0.2) is 0 Å². The fourth-order valence-electron chi connectivity index (χ4n) is 4.02. The molecular formula is C26H29ClN4O2. The first-order valence-electron chi connectivity index (χ1n) is 11.1. The van der Waals surface area contributed by atoms with Gasteiger partial charge in [-0.15, -0.1) is 0 Å². The summed E-state index contributed by atoms with van der Waals surface area (Å²) in [7, 11) is 0. The molecule has 0 bridgehead atoms. The fraction of sp³-hybridized carbons (Fsp3) is 0.346. The molecule has 0 saturated heterocycles. The molecule has 0 saturated carbocycles. The molecular weight excluding hydrogens is 436 g/mol. The molecule has 2 aromatic carbocycles. The summed E-state index contributed by atoms with van der Waals surface area (Å²) in [5.74, 6) is -0.466. The first-order valence-corrected chi connectivity index (χ1v) is 11.4. The Morgan fingerprint density at radius 3 is 2.45 bits per heavy atom. The molecule has 6 nitrogen and oxygen atoms in total. The van der Waals surface area contributed by atoms with Gasteiger partial charge >= 0.3 is 0 Å². The molecule has 172 valence electrons. The first kappa shape index (κ1) is 23.1. The van der Waals surface area contributed by atoms with E-state index in [0.717, 1.165) is 16.8 Å². The van der Waals surface area contributed by atoms with Crippen molar-refractivity contribution in [2.45, 2.75) is 58.3 Å². The highest BCUT2D eigenvalue weighted by atomic mass is 35.5. The minimum absolute atomic E-state index is 0.218. The molecule has 2 amide bonds. The number of carbonyl (C=O) groups is 2. The lowest BCUT2D eigenvalue weighted by Crippen LogP contribution is -2.63. The third kappa shape index (κ3) is 4.53. The summed E-state index contributed by atoms with van der Waals surface area (Å²) in [5, 5.41) is 8.27. The number of benzene rings is 2. The summed E-state index contributed by atoms with van der Waals surface area (Å²) in [6, 6.07) is 18.9. The highest BCUT2D eigenvalue weighted by Crippen LogP contribution is 2.32. The van der Waals surface area contributed by atoms with Crippen LogP contribution in [0.15, 0.2) is 60.7 Å². The molecule has 1 unspecified atom stereocenters. The second-order valence-corrected chi connectivity index (χ2v) is 10.2. The zero-order valence-electron chi connectivity index (χ0n) is 19.4. The third-order valence-corrected chi connectivity index (χ3v) is 6.51. The van der Waals surface area contributed by atoms with E-state index in [1.807, 2.05) is 54.6 Å². The maximum Gasteiger partial charge on any atom is 0.273 e. The Hall–Kier alpha value is -3.12. The van der Waals surface area contributed by atoms with Crippen LogP contribution in [0.3, 0.4) is 0 Å². The van der Waals surface area contributed by atoms with Gasteiger partial charge in [-0.05, 0) is 30.2 Å². The van der Waals surface area contributed by atoms with Gasteiger partial charge in [0.1, 0.15) is 11.2 Å². The molecule has 2 heterocycles. The zero-order valence-corrected chi connectivity index (χ0v) is 20.2. The van der Waals surface area contributed by atoms with Crippen LogP contribution in [0, 0.1) is 0 Å². The molecule has 4 rings (SSSR count). The number of aromatic nitrogens is 2. The van der Waals surface area contributed by atoms with Crippen molar-refractivity contribution < 1.29 is 9.59 Å². The molecule has 7 heteroatoms. The molecule has 1 aromatic heterocycles. The quantitative estimate of drug-likeness (QED) is 0.601. The van der Waals surface area contributed by atoms with Crippen LogP contribution in [0.1, 0.15) is 55.0 Å². The molecule has 1 aliphatic rings. The van der Waals surface area contributed by atoms with Crippen molar-refractivity contribution in [1.29, 1.82) is 0 Å². The van der Waals surface area contributed by atoms with Crippen LogP contribution in [0.25, 0.3) is 0 Å². The highest BCUT2D eigenvalue weighted by molar-refractivity contribution is 6.31. The molecule has 33 heavy (non-hydrogen) atoms. The lowest BCUT2D eigenvalue weighted by atomic mass is 9.91. The normalized spacial score (nSPS) is 18.2. The molecule has 1 N–H and O–H groups in total. The number of hydrogen-bond donors (Lipinski definition) is 1. The van der Waals surface area contributed by atoms with Crippen LogP contribution in [0.5, 0.6) is 0 Å². The minimum Gasteiger partial charge on any atom is -0.350 e. The Labute approximate surface area is 199 Å². The maximum absolute atomic E-state index is 13.7. The van der Waals surface area contributed by atoms with E-state index in [1.54, 1.807) is 22.6 Å². The standard InChI is InChI=1S/C26H29ClN4O2/c1-25(2,3)22-14-21-23(32)30(16-19-12-8-9-13-20(19)27)26(4,17-31(21)29-22)24(33)28-15-18-10-6-5-7-11-18/h5-14H,15-17H2,1-4H3,(H,28,33). The van der Waals surface area contributed by atoms with E-state index in [0.29, 0.717) is 17.3 Å². The van der Waals surface area contributed by atoms with Crippen LogP contribution in [-0.2, 0) is 29.8 Å². The van der Waals surface area contributed by atoms with Crippen molar-refractivity contribution in [3.8, 4) is 0 Å². The van der Waals surface area contributed by atoms with Crippen molar-refractivity contribution in [1.82, 2.24) is 20.0 Å². The number of carbonyl (C=O) groups excluding carboxylic acids is 2. The number of hydrogen-bond acceptors (Lipinski definition) is 3. The fourth-order valence-corrected chi connectivity index (χ4v) is 4.22. The Balaban J connectivity index is 1.71. The zero-order chi connectivity index (χ0) is 23.8. The Morgan fingerprint density at radius 1 is 1.12 bits per heavy atom. The average molecular weight is 465 g/mol. The number of amides is 2. The SMILES string of the molecule is CC(C)(C)c1cc2n(n1)CC(C)(C(=O)NCc1ccccc1)N(Cc1ccccc1Cl)C2=O. The van der Waals surface area contributed by atoms with Gasteiger partial charge in [0, 0.05) is 23.5 Å². The summed E-state index contributed by atoms with van der Waals surface area (Å²) in [5.41, 5.74) is 1.73.